The number of ether oxygens (including phenoxy) is 1. The largest absolute Gasteiger partial charge is 0.748 e. The number of hydrogen-bond acceptors (Lipinski definition) is 5. The zero-order chi connectivity index (χ0) is 20.1. The molecule has 0 aliphatic carbocycles. The maximum atomic E-state index is 11.2. The van der Waals surface area contributed by atoms with Crippen molar-refractivity contribution in [3.05, 3.63) is 60.2 Å². The molecule has 3 aromatic rings. The predicted octanol–water partition coefficient (Wildman–Crippen LogP) is 3.72. The topological polar surface area (TPSA) is 83.5 Å². The third-order valence-electron chi connectivity index (χ3n) is 4.36. The van der Waals surface area contributed by atoms with Gasteiger partial charge in [-0.05, 0) is 24.1 Å². The summed E-state index contributed by atoms with van der Waals surface area (Å²) in [6.07, 6.45) is 2.42. The van der Waals surface area contributed by atoms with Crippen LogP contribution in [0.25, 0.3) is 28.3 Å². The van der Waals surface area contributed by atoms with Crippen molar-refractivity contribution in [2.24, 2.45) is 0 Å². The molecule has 28 heavy (non-hydrogen) atoms. The minimum absolute atomic E-state index is 0.00598. The number of oxazole rings is 1. The first-order valence-electron chi connectivity index (χ1n) is 9.20. The van der Waals surface area contributed by atoms with Crippen molar-refractivity contribution in [3.63, 3.8) is 0 Å². The van der Waals surface area contributed by atoms with Crippen LogP contribution < -0.4 is 4.57 Å². The van der Waals surface area contributed by atoms with Gasteiger partial charge in [0.15, 0.2) is 6.54 Å². The Morgan fingerprint density at radius 3 is 2.54 bits per heavy atom. The molecule has 0 atom stereocenters. The second-order valence-corrected chi connectivity index (χ2v) is 7.82. The molecule has 0 aliphatic rings. The number of fused-ring (bicyclic) bond motifs is 1. The van der Waals surface area contributed by atoms with Crippen molar-refractivity contribution >= 4 is 27.3 Å². The molecule has 0 saturated heterocycles. The van der Waals surface area contributed by atoms with E-state index in [-0.39, 0.29) is 6.54 Å². The van der Waals surface area contributed by atoms with Gasteiger partial charge >= 0.3 is 5.89 Å². The van der Waals surface area contributed by atoms with E-state index in [1.807, 2.05) is 62.4 Å². The molecule has 0 amide bonds. The molecule has 1 aromatic heterocycles. The van der Waals surface area contributed by atoms with Gasteiger partial charge in [-0.25, -0.2) is 8.42 Å². The smallest absolute Gasteiger partial charge is 0.377 e. The first-order chi connectivity index (χ1) is 13.4. The van der Waals surface area contributed by atoms with E-state index in [4.69, 9.17) is 9.15 Å². The summed E-state index contributed by atoms with van der Waals surface area (Å²) in [6.45, 7) is 4.38. The molecule has 0 unspecified atom stereocenters. The minimum Gasteiger partial charge on any atom is -0.748 e. The fraction of sp³-hybridized carbons (Fsp3) is 0.286. The summed E-state index contributed by atoms with van der Waals surface area (Å²) in [7, 11) is -4.36. The lowest BCUT2D eigenvalue weighted by molar-refractivity contribution is -0.673. The Balaban J connectivity index is 2.13. The van der Waals surface area contributed by atoms with Crippen molar-refractivity contribution in [1.29, 1.82) is 0 Å². The van der Waals surface area contributed by atoms with Gasteiger partial charge < -0.3 is 13.7 Å². The van der Waals surface area contributed by atoms with Gasteiger partial charge in [0.1, 0.15) is 15.9 Å². The number of benzene rings is 2. The highest BCUT2D eigenvalue weighted by Crippen LogP contribution is 2.25. The van der Waals surface area contributed by atoms with Crippen LogP contribution in [0.15, 0.2) is 58.7 Å². The standard InChI is InChI=1S/C21H23NO5S/c1-3-18(26-4-2)15-21-22(12-13-28(23,24)25)19-14-17(10-11-20(19)27-21)16-8-6-5-7-9-16/h5-11,14-15H,3-4,12-13H2,1-2H3/b18-15+. The molecule has 0 spiro atoms. The first kappa shape index (κ1) is 20.1. The molecule has 6 nitrogen and oxygen atoms in total. The summed E-state index contributed by atoms with van der Waals surface area (Å²) >= 11 is 0. The Labute approximate surface area is 164 Å². The molecule has 3 rings (SSSR count). The second kappa shape index (κ2) is 8.58. The average molecular weight is 401 g/mol. The second-order valence-electron chi connectivity index (χ2n) is 6.30. The van der Waals surface area contributed by atoms with Crippen LogP contribution in [0, 0.1) is 0 Å². The molecular weight excluding hydrogens is 378 g/mol. The van der Waals surface area contributed by atoms with E-state index in [2.05, 4.69) is 0 Å². The maximum absolute atomic E-state index is 11.2. The Morgan fingerprint density at radius 2 is 1.89 bits per heavy atom. The fourth-order valence-electron chi connectivity index (χ4n) is 3.02. The van der Waals surface area contributed by atoms with Gasteiger partial charge in [0.25, 0.3) is 5.52 Å². The molecule has 0 N–H and O–H groups in total. The van der Waals surface area contributed by atoms with Crippen LogP contribution in [-0.4, -0.2) is 25.3 Å². The SMILES string of the molecule is CCO/C(=C/c1oc2ccc(-c3ccccc3)cc2[n+]1CCS(=O)(=O)[O-])CC. The number of aryl methyl sites for hydroxylation is 1. The molecule has 1 heterocycles. The van der Waals surface area contributed by atoms with Crippen LogP contribution in [0.1, 0.15) is 26.2 Å². The molecule has 0 saturated carbocycles. The number of allylic oxidation sites excluding steroid dienone is 1. The lowest BCUT2D eigenvalue weighted by Crippen LogP contribution is -2.38. The van der Waals surface area contributed by atoms with E-state index in [9.17, 15) is 13.0 Å². The lowest BCUT2D eigenvalue weighted by atomic mass is 10.1. The Morgan fingerprint density at radius 1 is 1.14 bits per heavy atom. The highest BCUT2D eigenvalue weighted by Gasteiger charge is 2.23. The quantitative estimate of drug-likeness (QED) is 0.326. The van der Waals surface area contributed by atoms with Crippen LogP contribution in [0.3, 0.4) is 0 Å². The molecule has 2 aromatic carbocycles. The molecule has 0 bridgehead atoms. The summed E-state index contributed by atoms with van der Waals surface area (Å²) in [5.74, 6) is 0.663. The highest BCUT2D eigenvalue weighted by atomic mass is 32.2. The van der Waals surface area contributed by atoms with E-state index in [0.29, 0.717) is 24.5 Å². The predicted molar refractivity (Wildman–Crippen MR) is 106 cm³/mol. The molecule has 0 radical (unpaired) electrons. The number of aromatic nitrogens is 1. The molecule has 148 valence electrons. The number of rotatable bonds is 8. The van der Waals surface area contributed by atoms with Crippen molar-refractivity contribution < 1.29 is 26.7 Å². The van der Waals surface area contributed by atoms with Crippen molar-refractivity contribution in [1.82, 2.24) is 0 Å². The van der Waals surface area contributed by atoms with Gasteiger partial charge in [-0.15, -0.1) is 0 Å². The van der Waals surface area contributed by atoms with Crippen LogP contribution in [0.5, 0.6) is 0 Å². The van der Waals surface area contributed by atoms with Crippen LogP contribution in [0.4, 0.5) is 0 Å². The highest BCUT2D eigenvalue weighted by molar-refractivity contribution is 7.85. The van der Waals surface area contributed by atoms with Crippen LogP contribution in [-0.2, 0) is 21.4 Å². The van der Waals surface area contributed by atoms with Crippen molar-refractivity contribution in [3.8, 4) is 11.1 Å². The summed E-state index contributed by atoms with van der Waals surface area (Å²) in [5, 5.41) is 0. The fourth-order valence-corrected chi connectivity index (χ4v) is 3.43. The van der Waals surface area contributed by atoms with E-state index in [1.54, 1.807) is 10.6 Å². The van der Waals surface area contributed by atoms with Gasteiger partial charge in [0, 0.05) is 12.5 Å². The molecule has 7 heteroatoms. The zero-order valence-corrected chi connectivity index (χ0v) is 16.7. The molecule has 0 fully saturated rings. The van der Waals surface area contributed by atoms with Gasteiger partial charge in [-0.1, -0.05) is 43.3 Å². The first-order valence-corrected chi connectivity index (χ1v) is 10.8. The van der Waals surface area contributed by atoms with Gasteiger partial charge in [0.2, 0.25) is 5.58 Å². The monoisotopic (exact) mass is 401 g/mol. The normalized spacial score (nSPS) is 12.5. The zero-order valence-electron chi connectivity index (χ0n) is 15.9. The Kier molecular flexibility index (Phi) is 6.16. The van der Waals surface area contributed by atoms with Crippen molar-refractivity contribution in [2.75, 3.05) is 12.4 Å². The summed E-state index contributed by atoms with van der Waals surface area (Å²) in [4.78, 5) is 0. The number of nitrogens with zero attached hydrogens (tertiary/aromatic N) is 1. The third-order valence-corrected chi connectivity index (χ3v) is 5.05. The van der Waals surface area contributed by atoms with Gasteiger partial charge in [0.05, 0.1) is 18.4 Å². The average Bonchev–Trinajstić information content (AvgIpc) is 3.02. The third kappa shape index (κ3) is 4.79. The van der Waals surface area contributed by atoms with Crippen LogP contribution in [0.2, 0.25) is 0 Å². The summed E-state index contributed by atoms with van der Waals surface area (Å²) < 4.78 is 46.9. The Hall–Kier alpha value is -2.64. The van der Waals surface area contributed by atoms with Gasteiger partial charge in [-0.3, -0.25) is 0 Å². The molecular formula is C21H23NO5S. The van der Waals surface area contributed by atoms with Gasteiger partial charge in [-0.2, -0.15) is 4.57 Å². The van der Waals surface area contributed by atoms with E-state index < -0.39 is 15.9 Å². The minimum atomic E-state index is -4.36. The molecule has 0 aliphatic heterocycles. The van der Waals surface area contributed by atoms with E-state index >= 15 is 0 Å². The summed E-state index contributed by atoms with van der Waals surface area (Å²) in [5.41, 5.74) is 3.35. The number of hydrogen-bond donors (Lipinski definition) is 0. The van der Waals surface area contributed by atoms with Crippen LogP contribution >= 0.6 is 0 Å². The lowest BCUT2D eigenvalue weighted by Gasteiger charge is -2.05. The summed E-state index contributed by atoms with van der Waals surface area (Å²) in [6, 6.07) is 15.6. The Bertz CT molecular complexity index is 1080. The van der Waals surface area contributed by atoms with E-state index in [0.717, 1.165) is 22.4 Å². The maximum Gasteiger partial charge on any atom is 0.377 e. The van der Waals surface area contributed by atoms with E-state index in [1.165, 1.54) is 0 Å². The van der Waals surface area contributed by atoms with Crippen molar-refractivity contribution in [2.45, 2.75) is 26.8 Å².